The first kappa shape index (κ1) is 14.0. The lowest BCUT2D eigenvalue weighted by molar-refractivity contribution is 0.298. The SMILES string of the molecule is CCCNCc1cc(C)ccc1OCc1cscn1. The summed E-state index contributed by atoms with van der Waals surface area (Å²) in [6, 6.07) is 6.31. The highest BCUT2D eigenvalue weighted by Gasteiger charge is 2.05. The fourth-order valence-electron chi connectivity index (χ4n) is 1.85. The first-order valence-corrected chi connectivity index (χ1v) is 7.54. The van der Waals surface area contributed by atoms with Crippen LogP contribution in [0.5, 0.6) is 5.75 Å². The summed E-state index contributed by atoms with van der Waals surface area (Å²) < 4.78 is 5.87. The summed E-state index contributed by atoms with van der Waals surface area (Å²) in [5, 5.41) is 5.44. The molecule has 0 radical (unpaired) electrons. The molecular weight excluding hydrogens is 256 g/mol. The van der Waals surface area contributed by atoms with Crippen LogP contribution >= 0.6 is 11.3 Å². The van der Waals surface area contributed by atoms with Crippen molar-refractivity contribution in [2.45, 2.75) is 33.4 Å². The van der Waals surface area contributed by atoms with Crippen molar-refractivity contribution in [1.82, 2.24) is 10.3 Å². The van der Waals surface area contributed by atoms with Crippen LogP contribution in [-0.4, -0.2) is 11.5 Å². The van der Waals surface area contributed by atoms with E-state index in [-0.39, 0.29) is 0 Å². The predicted octanol–water partition coefficient (Wildman–Crippen LogP) is 3.53. The molecule has 0 saturated carbocycles. The zero-order valence-electron chi connectivity index (χ0n) is 11.5. The molecule has 2 rings (SSSR count). The second kappa shape index (κ2) is 7.26. The van der Waals surface area contributed by atoms with E-state index < -0.39 is 0 Å². The van der Waals surface area contributed by atoms with Crippen molar-refractivity contribution in [2.24, 2.45) is 0 Å². The van der Waals surface area contributed by atoms with E-state index >= 15 is 0 Å². The molecule has 0 aliphatic rings. The molecule has 1 heterocycles. The van der Waals surface area contributed by atoms with E-state index in [2.05, 4.69) is 36.3 Å². The van der Waals surface area contributed by atoms with Gasteiger partial charge in [-0.15, -0.1) is 11.3 Å². The van der Waals surface area contributed by atoms with Crippen LogP contribution in [-0.2, 0) is 13.2 Å². The zero-order valence-corrected chi connectivity index (χ0v) is 12.3. The van der Waals surface area contributed by atoms with Crippen molar-refractivity contribution < 1.29 is 4.74 Å². The molecule has 102 valence electrons. The molecule has 19 heavy (non-hydrogen) atoms. The summed E-state index contributed by atoms with van der Waals surface area (Å²) in [6.45, 7) is 6.69. The second-order valence-corrected chi connectivity index (χ2v) is 5.28. The molecule has 1 N–H and O–H groups in total. The first-order valence-electron chi connectivity index (χ1n) is 6.59. The van der Waals surface area contributed by atoms with Gasteiger partial charge in [-0.05, 0) is 26.0 Å². The molecule has 0 bridgehead atoms. The normalized spacial score (nSPS) is 10.6. The lowest BCUT2D eigenvalue weighted by Gasteiger charge is -2.12. The highest BCUT2D eigenvalue weighted by Crippen LogP contribution is 2.21. The Bertz CT molecular complexity index is 497. The summed E-state index contributed by atoms with van der Waals surface area (Å²) in [5.41, 5.74) is 5.29. The Balaban J connectivity index is 2.01. The highest BCUT2D eigenvalue weighted by molar-refractivity contribution is 7.07. The minimum absolute atomic E-state index is 0.535. The third-order valence-electron chi connectivity index (χ3n) is 2.82. The Kier molecular flexibility index (Phi) is 5.36. The molecule has 4 heteroatoms. The predicted molar refractivity (Wildman–Crippen MR) is 79.6 cm³/mol. The first-order chi connectivity index (χ1) is 9.29. The Morgan fingerprint density at radius 1 is 1.37 bits per heavy atom. The van der Waals surface area contributed by atoms with Crippen LogP contribution in [0.1, 0.15) is 30.2 Å². The molecule has 3 nitrogen and oxygen atoms in total. The molecular formula is C15H20N2OS. The van der Waals surface area contributed by atoms with Crippen LogP contribution < -0.4 is 10.1 Å². The molecule has 0 saturated heterocycles. The highest BCUT2D eigenvalue weighted by atomic mass is 32.1. The van der Waals surface area contributed by atoms with E-state index in [1.54, 1.807) is 11.3 Å². The molecule has 1 aromatic heterocycles. The van der Waals surface area contributed by atoms with E-state index in [1.807, 2.05) is 17.0 Å². The maximum Gasteiger partial charge on any atom is 0.131 e. The number of thiazole rings is 1. The monoisotopic (exact) mass is 276 g/mol. The maximum absolute atomic E-state index is 5.87. The summed E-state index contributed by atoms with van der Waals surface area (Å²) in [4.78, 5) is 4.23. The topological polar surface area (TPSA) is 34.1 Å². The fourth-order valence-corrected chi connectivity index (χ4v) is 2.39. The van der Waals surface area contributed by atoms with E-state index in [4.69, 9.17) is 4.74 Å². The molecule has 0 unspecified atom stereocenters. The molecule has 0 aliphatic carbocycles. The molecule has 0 amide bonds. The summed E-state index contributed by atoms with van der Waals surface area (Å²) >= 11 is 1.59. The van der Waals surface area contributed by atoms with E-state index in [1.165, 1.54) is 11.1 Å². The Labute approximate surface area is 118 Å². The van der Waals surface area contributed by atoms with Gasteiger partial charge in [-0.3, -0.25) is 0 Å². The second-order valence-electron chi connectivity index (χ2n) is 4.56. The third kappa shape index (κ3) is 4.33. The van der Waals surface area contributed by atoms with Crippen molar-refractivity contribution in [1.29, 1.82) is 0 Å². The van der Waals surface area contributed by atoms with Gasteiger partial charge in [-0.2, -0.15) is 0 Å². The molecule has 1 aromatic carbocycles. The largest absolute Gasteiger partial charge is 0.487 e. The van der Waals surface area contributed by atoms with E-state index in [0.29, 0.717) is 6.61 Å². The number of hydrogen-bond acceptors (Lipinski definition) is 4. The number of rotatable bonds is 7. The molecule has 2 aromatic rings. The number of hydrogen-bond donors (Lipinski definition) is 1. The average molecular weight is 276 g/mol. The molecule has 0 atom stereocenters. The van der Waals surface area contributed by atoms with Crippen LogP contribution in [0.4, 0.5) is 0 Å². The van der Waals surface area contributed by atoms with Gasteiger partial charge in [0.05, 0.1) is 11.2 Å². The smallest absolute Gasteiger partial charge is 0.131 e. The lowest BCUT2D eigenvalue weighted by atomic mass is 10.1. The van der Waals surface area contributed by atoms with Crippen molar-refractivity contribution in [3.63, 3.8) is 0 Å². The summed E-state index contributed by atoms with van der Waals surface area (Å²) in [7, 11) is 0. The maximum atomic E-state index is 5.87. The van der Waals surface area contributed by atoms with Crippen molar-refractivity contribution >= 4 is 11.3 Å². The fraction of sp³-hybridized carbons (Fsp3) is 0.400. The number of ether oxygens (including phenoxy) is 1. The molecule has 0 spiro atoms. The lowest BCUT2D eigenvalue weighted by Crippen LogP contribution is -2.14. The van der Waals surface area contributed by atoms with Gasteiger partial charge in [-0.1, -0.05) is 24.6 Å². The van der Waals surface area contributed by atoms with Crippen LogP contribution in [0.3, 0.4) is 0 Å². The number of aryl methyl sites for hydroxylation is 1. The minimum atomic E-state index is 0.535. The van der Waals surface area contributed by atoms with Crippen LogP contribution in [0, 0.1) is 6.92 Å². The number of benzene rings is 1. The van der Waals surface area contributed by atoms with E-state index in [0.717, 1.165) is 31.0 Å². The van der Waals surface area contributed by atoms with Crippen LogP contribution in [0.2, 0.25) is 0 Å². The summed E-state index contributed by atoms with van der Waals surface area (Å²) in [6.07, 6.45) is 1.14. The third-order valence-corrected chi connectivity index (χ3v) is 3.45. The number of nitrogens with zero attached hydrogens (tertiary/aromatic N) is 1. The van der Waals surface area contributed by atoms with Gasteiger partial charge in [0.1, 0.15) is 12.4 Å². The summed E-state index contributed by atoms with van der Waals surface area (Å²) in [5.74, 6) is 0.946. The van der Waals surface area contributed by atoms with Gasteiger partial charge >= 0.3 is 0 Å². The van der Waals surface area contributed by atoms with Crippen LogP contribution in [0.25, 0.3) is 0 Å². The zero-order chi connectivity index (χ0) is 13.5. The Hall–Kier alpha value is -1.39. The van der Waals surface area contributed by atoms with Gasteiger partial charge in [0.2, 0.25) is 0 Å². The van der Waals surface area contributed by atoms with Crippen molar-refractivity contribution in [3.8, 4) is 5.75 Å². The molecule has 0 fully saturated rings. The van der Waals surface area contributed by atoms with E-state index in [9.17, 15) is 0 Å². The van der Waals surface area contributed by atoms with Crippen LogP contribution in [0.15, 0.2) is 29.1 Å². The minimum Gasteiger partial charge on any atom is -0.487 e. The quantitative estimate of drug-likeness (QED) is 0.786. The van der Waals surface area contributed by atoms with Crippen molar-refractivity contribution in [3.05, 3.63) is 45.9 Å². The van der Waals surface area contributed by atoms with Crippen molar-refractivity contribution in [2.75, 3.05) is 6.54 Å². The van der Waals surface area contributed by atoms with Gasteiger partial charge < -0.3 is 10.1 Å². The molecule has 0 aliphatic heterocycles. The van der Waals surface area contributed by atoms with Gasteiger partial charge in [0, 0.05) is 17.5 Å². The Morgan fingerprint density at radius 3 is 3.00 bits per heavy atom. The Morgan fingerprint density at radius 2 is 2.26 bits per heavy atom. The van der Waals surface area contributed by atoms with Gasteiger partial charge in [0.25, 0.3) is 0 Å². The number of aromatic nitrogens is 1. The van der Waals surface area contributed by atoms with Gasteiger partial charge in [-0.25, -0.2) is 4.98 Å². The van der Waals surface area contributed by atoms with Gasteiger partial charge in [0.15, 0.2) is 0 Å². The average Bonchev–Trinajstić information content (AvgIpc) is 2.91. The standard InChI is InChI=1S/C15H20N2OS/c1-3-6-16-8-13-7-12(2)4-5-15(13)18-9-14-10-19-11-17-14/h4-5,7,10-11,16H,3,6,8-9H2,1-2H3. The number of nitrogens with one attached hydrogen (secondary N) is 1.